The second kappa shape index (κ2) is 5.84. The molecule has 1 N–H and O–H groups in total. The molecular formula is C18H20ClNO3. The molecule has 4 atom stereocenters. The number of nitrogens with one attached hydrogen (secondary N) is 1. The van der Waals surface area contributed by atoms with Gasteiger partial charge in [0.25, 0.3) is 0 Å². The number of carbonyl (C=O) groups is 1. The normalized spacial score (nSPS) is 27.5. The summed E-state index contributed by atoms with van der Waals surface area (Å²) in [6, 6.07) is 5.77. The maximum Gasteiger partial charge on any atom is 0.226 e. The molecule has 2 aliphatic heterocycles. The molecule has 2 fully saturated rings. The number of para-hydroxylation sites is 1. The van der Waals surface area contributed by atoms with Crippen LogP contribution in [0.2, 0.25) is 5.02 Å². The van der Waals surface area contributed by atoms with Crippen molar-refractivity contribution in [2.24, 2.45) is 5.92 Å². The van der Waals surface area contributed by atoms with Gasteiger partial charge in [0, 0.05) is 17.0 Å². The molecule has 4 nitrogen and oxygen atoms in total. The molecule has 2 bridgehead atoms. The van der Waals surface area contributed by atoms with Crippen molar-refractivity contribution in [3.63, 3.8) is 0 Å². The first kappa shape index (κ1) is 15.0. The van der Waals surface area contributed by atoms with Gasteiger partial charge in [-0.25, -0.2) is 0 Å². The van der Waals surface area contributed by atoms with Gasteiger partial charge in [0.15, 0.2) is 5.58 Å². The first-order valence-electron chi connectivity index (χ1n) is 8.22. The van der Waals surface area contributed by atoms with Crippen LogP contribution in [0.15, 0.2) is 28.9 Å². The highest BCUT2D eigenvalue weighted by Crippen LogP contribution is 2.38. The van der Waals surface area contributed by atoms with Gasteiger partial charge in [-0.2, -0.15) is 0 Å². The summed E-state index contributed by atoms with van der Waals surface area (Å²) in [6.07, 6.45) is 5.87. The zero-order valence-electron chi connectivity index (χ0n) is 13.0. The number of hydrogen-bond acceptors (Lipinski definition) is 3. The molecule has 2 aliphatic rings. The maximum absolute atomic E-state index is 12.5. The van der Waals surface area contributed by atoms with E-state index in [0.717, 1.165) is 36.6 Å². The topological polar surface area (TPSA) is 51.5 Å². The summed E-state index contributed by atoms with van der Waals surface area (Å²) in [7, 11) is 0. The Balaban J connectivity index is 1.42. The van der Waals surface area contributed by atoms with Crippen molar-refractivity contribution in [1.82, 2.24) is 5.32 Å². The largest absolute Gasteiger partial charge is 0.462 e. The maximum atomic E-state index is 12.5. The van der Waals surface area contributed by atoms with Gasteiger partial charge < -0.3 is 14.5 Å². The Hall–Kier alpha value is -1.52. The van der Waals surface area contributed by atoms with Gasteiger partial charge in [0.2, 0.25) is 5.91 Å². The zero-order valence-corrected chi connectivity index (χ0v) is 13.8. The molecule has 2 saturated heterocycles. The number of carbonyl (C=O) groups excluding carboxylic acids is 1. The van der Waals surface area contributed by atoms with E-state index in [9.17, 15) is 4.79 Å². The monoisotopic (exact) mass is 333 g/mol. The second-order valence-corrected chi connectivity index (χ2v) is 7.11. The zero-order chi connectivity index (χ0) is 16.0. The lowest BCUT2D eigenvalue weighted by Crippen LogP contribution is -2.41. The smallest absolute Gasteiger partial charge is 0.226 e. The predicted octanol–water partition coefficient (Wildman–Crippen LogP) is 3.70. The third kappa shape index (κ3) is 2.74. The molecule has 23 heavy (non-hydrogen) atoms. The summed E-state index contributed by atoms with van der Waals surface area (Å²) in [4.78, 5) is 12.5. The molecule has 1 amide bonds. The number of furan rings is 1. The minimum absolute atomic E-state index is 0.0201. The number of ether oxygens (including phenoxy) is 1. The van der Waals surface area contributed by atoms with Crippen LogP contribution < -0.4 is 5.32 Å². The summed E-state index contributed by atoms with van der Waals surface area (Å²) < 4.78 is 11.3. The number of hydrogen-bond donors (Lipinski definition) is 1. The average Bonchev–Trinajstić information content (AvgIpc) is 3.23. The van der Waals surface area contributed by atoms with Gasteiger partial charge in [0.1, 0.15) is 0 Å². The number of amides is 1. The van der Waals surface area contributed by atoms with E-state index in [1.807, 2.05) is 25.1 Å². The molecule has 0 saturated carbocycles. The predicted molar refractivity (Wildman–Crippen MR) is 88.5 cm³/mol. The van der Waals surface area contributed by atoms with E-state index in [2.05, 4.69) is 5.32 Å². The van der Waals surface area contributed by atoms with Crippen molar-refractivity contribution >= 4 is 28.5 Å². The lowest BCUT2D eigenvalue weighted by atomic mass is 9.88. The first-order chi connectivity index (χ1) is 11.1. The van der Waals surface area contributed by atoms with Crippen molar-refractivity contribution < 1.29 is 13.9 Å². The number of fused-ring (bicyclic) bond motifs is 3. The molecule has 1 aromatic heterocycles. The third-order valence-electron chi connectivity index (χ3n) is 4.99. The molecule has 4 rings (SSSR count). The van der Waals surface area contributed by atoms with E-state index in [-0.39, 0.29) is 24.0 Å². The molecule has 1 aromatic carbocycles. The van der Waals surface area contributed by atoms with Crippen LogP contribution in [-0.4, -0.2) is 24.2 Å². The van der Waals surface area contributed by atoms with Crippen LogP contribution in [0.25, 0.3) is 11.0 Å². The Kier molecular flexibility index (Phi) is 3.82. The van der Waals surface area contributed by atoms with Gasteiger partial charge >= 0.3 is 0 Å². The Morgan fingerprint density at radius 2 is 2.30 bits per heavy atom. The van der Waals surface area contributed by atoms with Crippen molar-refractivity contribution in [3.05, 3.63) is 35.0 Å². The van der Waals surface area contributed by atoms with Gasteiger partial charge in [-0.15, -0.1) is 0 Å². The highest BCUT2D eigenvalue weighted by molar-refractivity contribution is 6.34. The molecule has 3 heterocycles. The molecule has 0 unspecified atom stereocenters. The highest BCUT2D eigenvalue weighted by atomic mass is 35.5. The van der Waals surface area contributed by atoms with Gasteiger partial charge in [-0.3, -0.25) is 4.79 Å². The van der Waals surface area contributed by atoms with Crippen molar-refractivity contribution in [3.8, 4) is 0 Å². The Morgan fingerprint density at radius 3 is 3.04 bits per heavy atom. The van der Waals surface area contributed by atoms with Gasteiger partial charge in [-0.1, -0.05) is 23.7 Å². The number of benzene rings is 1. The Morgan fingerprint density at radius 1 is 1.43 bits per heavy atom. The average molecular weight is 334 g/mol. The quantitative estimate of drug-likeness (QED) is 0.928. The lowest BCUT2D eigenvalue weighted by molar-refractivity contribution is -0.127. The number of halogens is 1. The van der Waals surface area contributed by atoms with Crippen LogP contribution in [0.5, 0.6) is 0 Å². The fourth-order valence-electron chi connectivity index (χ4n) is 3.88. The van der Waals surface area contributed by atoms with E-state index in [1.54, 1.807) is 6.26 Å². The molecule has 0 radical (unpaired) electrons. The minimum atomic E-state index is 0.0201. The van der Waals surface area contributed by atoms with E-state index in [0.29, 0.717) is 16.7 Å². The number of rotatable bonds is 4. The van der Waals surface area contributed by atoms with Crippen molar-refractivity contribution in [2.45, 2.75) is 50.9 Å². The van der Waals surface area contributed by atoms with E-state index in [1.165, 1.54) is 0 Å². The fraction of sp³-hybridized carbons (Fsp3) is 0.500. The second-order valence-electron chi connectivity index (χ2n) is 6.71. The third-order valence-corrected chi connectivity index (χ3v) is 5.29. The van der Waals surface area contributed by atoms with Crippen LogP contribution in [0, 0.1) is 5.92 Å². The summed E-state index contributed by atoms with van der Waals surface area (Å²) in [5.74, 6) is 0.141. The summed E-state index contributed by atoms with van der Waals surface area (Å²) in [6.45, 7) is 2.02. The SMILES string of the molecule is C[C@H](Cc1coc2c(Cl)cccc12)NC(=O)[C@@H]1C[C@H]2CC[C@@H]1O2. The fourth-order valence-corrected chi connectivity index (χ4v) is 4.10. The van der Waals surface area contributed by atoms with E-state index >= 15 is 0 Å². The first-order valence-corrected chi connectivity index (χ1v) is 8.60. The Labute approximate surface area is 140 Å². The summed E-state index contributed by atoms with van der Waals surface area (Å²) in [5.41, 5.74) is 1.78. The van der Waals surface area contributed by atoms with E-state index < -0.39 is 0 Å². The van der Waals surface area contributed by atoms with Crippen LogP contribution in [0.3, 0.4) is 0 Å². The van der Waals surface area contributed by atoms with Gasteiger partial charge in [-0.05, 0) is 38.7 Å². The summed E-state index contributed by atoms with van der Waals surface area (Å²) in [5, 5.41) is 4.76. The molecular weight excluding hydrogens is 314 g/mol. The molecule has 0 aliphatic carbocycles. The minimum Gasteiger partial charge on any atom is -0.462 e. The van der Waals surface area contributed by atoms with Gasteiger partial charge in [0.05, 0.1) is 29.4 Å². The van der Waals surface area contributed by atoms with Crippen molar-refractivity contribution in [1.29, 1.82) is 0 Å². The van der Waals surface area contributed by atoms with Crippen LogP contribution >= 0.6 is 11.6 Å². The lowest BCUT2D eigenvalue weighted by Gasteiger charge is -2.21. The van der Waals surface area contributed by atoms with Crippen LogP contribution in [-0.2, 0) is 16.0 Å². The highest BCUT2D eigenvalue weighted by Gasteiger charge is 2.44. The molecule has 5 heteroatoms. The Bertz CT molecular complexity index is 741. The summed E-state index contributed by atoms with van der Waals surface area (Å²) >= 11 is 6.14. The van der Waals surface area contributed by atoms with E-state index in [4.69, 9.17) is 20.8 Å². The molecule has 122 valence electrons. The van der Waals surface area contributed by atoms with Crippen LogP contribution in [0.1, 0.15) is 31.7 Å². The molecule has 0 spiro atoms. The standard InChI is InChI=1S/C18H20ClNO3/c1-10(20-18(21)14-8-12-5-6-16(14)23-12)7-11-9-22-17-13(11)3-2-4-15(17)19/h2-4,9-10,12,14,16H,5-8H2,1H3,(H,20,21)/t10-,12-,14-,16+/m1/s1. The van der Waals surface area contributed by atoms with Crippen LogP contribution in [0.4, 0.5) is 0 Å². The van der Waals surface area contributed by atoms with Crippen molar-refractivity contribution in [2.75, 3.05) is 0 Å². The molecule has 2 aromatic rings.